The fraction of sp³-hybridized carbons (Fsp3) is 0.462. The number of aromatic nitrogens is 2. The minimum Gasteiger partial charge on any atom is -0.465 e. The van der Waals surface area contributed by atoms with Crippen molar-refractivity contribution in [3.8, 4) is 0 Å². The van der Waals surface area contributed by atoms with E-state index in [2.05, 4.69) is 9.97 Å². The van der Waals surface area contributed by atoms with Crippen LogP contribution in [0.15, 0.2) is 6.07 Å². The van der Waals surface area contributed by atoms with Gasteiger partial charge in [-0.3, -0.25) is 10.3 Å². The molecule has 0 bridgehead atoms. The maximum Gasteiger partial charge on any atom is 0.433 e. The van der Waals surface area contributed by atoms with Crippen LogP contribution in [0.5, 0.6) is 0 Å². The maximum atomic E-state index is 12.9. The van der Waals surface area contributed by atoms with Gasteiger partial charge in [-0.25, -0.2) is 14.8 Å². The van der Waals surface area contributed by atoms with E-state index in [0.717, 1.165) is 0 Å². The smallest absolute Gasteiger partial charge is 0.433 e. The number of alkyl halides is 3. The third kappa shape index (κ3) is 4.02. The third-order valence-electron chi connectivity index (χ3n) is 3.19. The first-order chi connectivity index (χ1) is 10.7. The molecule has 0 saturated heterocycles. The van der Waals surface area contributed by atoms with Crippen LogP contribution < -0.4 is 0 Å². The lowest BCUT2D eigenvalue weighted by molar-refractivity contribution is -0.141. The van der Waals surface area contributed by atoms with Crippen molar-refractivity contribution in [3.63, 3.8) is 0 Å². The zero-order chi connectivity index (χ0) is 17.2. The Labute approximate surface area is 128 Å². The van der Waals surface area contributed by atoms with Gasteiger partial charge in [0, 0.05) is 18.9 Å². The molecule has 1 aromatic heterocycles. The predicted molar refractivity (Wildman–Crippen MR) is 71.2 cm³/mol. The number of nitrogens with zero attached hydrogens (tertiary/aromatic N) is 3. The molecule has 23 heavy (non-hydrogen) atoms. The molecule has 0 atom stereocenters. The van der Waals surface area contributed by atoms with Crippen LogP contribution in [0.25, 0.3) is 0 Å². The molecule has 0 unspecified atom stereocenters. The van der Waals surface area contributed by atoms with E-state index in [-0.39, 0.29) is 24.7 Å². The molecule has 124 valence electrons. The molecule has 1 amide bonds. The van der Waals surface area contributed by atoms with Crippen molar-refractivity contribution in [2.75, 3.05) is 6.54 Å². The molecule has 2 rings (SSSR count). The second-order valence-electron chi connectivity index (χ2n) is 5.01. The normalized spacial score (nSPS) is 14.4. The van der Waals surface area contributed by atoms with E-state index in [4.69, 9.17) is 10.5 Å². The highest BCUT2D eigenvalue weighted by molar-refractivity contribution is 6.03. The van der Waals surface area contributed by atoms with Crippen LogP contribution in [0.1, 0.15) is 42.4 Å². The number of carbonyl (C=O) groups is 2. The van der Waals surface area contributed by atoms with Crippen LogP contribution in [0.2, 0.25) is 0 Å². The summed E-state index contributed by atoms with van der Waals surface area (Å²) in [7, 11) is 0. The fourth-order valence-corrected chi connectivity index (χ4v) is 1.88. The molecular weight excluding hydrogens is 317 g/mol. The summed E-state index contributed by atoms with van der Waals surface area (Å²) in [5.74, 6) is -0.952. The quantitative estimate of drug-likeness (QED) is 0.489. The monoisotopic (exact) mass is 330 g/mol. The van der Waals surface area contributed by atoms with E-state index >= 15 is 0 Å². The summed E-state index contributed by atoms with van der Waals surface area (Å²) in [5.41, 5.74) is -1.64. The Balaban J connectivity index is 2.39. The van der Waals surface area contributed by atoms with Crippen LogP contribution in [-0.4, -0.2) is 44.7 Å². The van der Waals surface area contributed by atoms with E-state index in [1.165, 1.54) is 0 Å². The standard InChI is InChI=1S/C13H13F3N4O3/c14-13(15,16)9-6-8(18-11(19-9)7-2-3-7)10(17)20(12(22)23)4-1-5-21/h5-7,17H,1-4H2,(H,22,23). The minimum absolute atomic E-state index is 0.0414. The topological polar surface area (TPSA) is 107 Å². The molecule has 7 nitrogen and oxygen atoms in total. The van der Waals surface area contributed by atoms with Gasteiger partial charge in [0.05, 0.1) is 0 Å². The minimum atomic E-state index is -4.72. The van der Waals surface area contributed by atoms with Gasteiger partial charge >= 0.3 is 12.3 Å². The largest absolute Gasteiger partial charge is 0.465 e. The lowest BCUT2D eigenvalue weighted by atomic mass is 10.2. The van der Waals surface area contributed by atoms with Crippen LogP contribution in [0.4, 0.5) is 18.0 Å². The summed E-state index contributed by atoms with van der Waals surface area (Å²) < 4.78 is 38.8. The number of nitrogens with one attached hydrogen (secondary N) is 1. The highest BCUT2D eigenvalue weighted by Gasteiger charge is 2.37. The van der Waals surface area contributed by atoms with Crippen LogP contribution >= 0.6 is 0 Å². The summed E-state index contributed by atoms with van der Waals surface area (Å²) in [5, 5.41) is 16.9. The van der Waals surface area contributed by atoms with Crippen molar-refractivity contribution in [2.24, 2.45) is 0 Å². The summed E-state index contributed by atoms with van der Waals surface area (Å²) in [6.07, 6.45) is -4.68. The Morgan fingerprint density at radius 1 is 1.43 bits per heavy atom. The molecule has 1 aliphatic rings. The number of carbonyl (C=O) groups excluding carboxylic acids is 1. The van der Waals surface area contributed by atoms with Gasteiger partial charge in [-0.05, 0) is 18.9 Å². The number of carboxylic acid groups (broad SMARTS) is 1. The van der Waals surface area contributed by atoms with E-state index in [1.807, 2.05) is 0 Å². The molecule has 1 saturated carbocycles. The molecule has 1 fully saturated rings. The molecule has 10 heteroatoms. The fourth-order valence-electron chi connectivity index (χ4n) is 1.88. The third-order valence-corrected chi connectivity index (χ3v) is 3.19. The molecular formula is C13H13F3N4O3. The van der Waals surface area contributed by atoms with Gasteiger partial charge in [-0.15, -0.1) is 0 Å². The van der Waals surface area contributed by atoms with Crippen LogP contribution in [0.3, 0.4) is 0 Å². The first-order valence-corrected chi connectivity index (χ1v) is 6.73. The highest BCUT2D eigenvalue weighted by atomic mass is 19.4. The lowest BCUT2D eigenvalue weighted by Crippen LogP contribution is -2.37. The number of amides is 1. The Morgan fingerprint density at radius 2 is 2.09 bits per heavy atom. The molecule has 2 N–H and O–H groups in total. The number of hydrogen-bond donors (Lipinski definition) is 2. The van der Waals surface area contributed by atoms with Gasteiger partial charge < -0.3 is 9.90 Å². The Kier molecular flexibility index (Phi) is 4.62. The lowest BCUT2D eigenvalue weighted by Gasteiger charge is -2.19. The second-order valence-corrected chi connectivity index (χ2v) is 5.01. The van der Waals surface area contributed by atoms with Crippen LogP contribution in [-0.2, 0) is 11.0 Å². The average molecular weight is 330 g/mol. The van der Waals surface area contributed by atoms with E-state index in [0.29, 0.717) is 30.1 Å². The molecule has 1 aromatic rings. The Hall–Kier alpha value is -2.52. The van der Waals surface area contributed by atoms with Crippen molar-refractivity contribution in [3.05, 3.63) is 23.3 Å². The number of amidine groups is 1. The van der Waals surface area contributed by atoms with Gasteiger partial charge in [0.25, 0.3) is 0 Å². The molecule has 1 aliphatic carbocycles. The number of hydrogen-bond acceptors (Lipinski definition) is 5. The summed E-state index contributed by atoms with van der Waals surface area (Å²) in [4.78, 5) is 29.3. The summed E-state index contributed by atoms with van der Waals surface area (Å²) in [6.45, 7) is -0.332. The van der Waals surface area contributed by atoms with E-state index in [9.17, 15) is 22.8 Å². The first-order valence-electron chi connectivity index (χ1n) is 6.73. The SMILES string of the molecule is N=C(c1cc(C(F)(F)F)nc(C2CC2)n1)N(CCC=O)C(=O)O. The van der Waals surface area contributed by atoms with E-state index < -0.39 is 29.5 Å². The van der Waals surface area contributed by atoms with Crippen molar-refractivity contribution in [1.82, 2.24) is 14.9 Å². The first kappa shape index (κ1) is 16.8. The van der Waals surface area contributed by atoms with Crippen molar-refractivity contribution in [1.29, 1.82) is 5.41 Å². The van der Waals surface area contributed by atoms with Crippen molar-refractivity contribution < 1.29 is 27.9 Å². The van der Waals surface area contributed by atoms with Gasteiger partial charge in [0.2, 0.25) is 0 Å². The average Bonchev–Trinajstić information content (AvgIpc) is 3.30. The zero-order valence-corrected chi connectivity index (χ0v) is 11.8. The van der Waals surface area contributed by atoms with Gasteiger partial charge in [0.15, 0.2) is 5.84 Å². The van der Waals surface area contributed by atoms with Gasteiger partial charge in [-0.2, -0.15) is 13.2 Å². The summed E-state index contributed by atoms with van der Waals surface area (Å²) in [6, 6.07) is 0.547. The molecule has 0 radical (unpaired) electrons. The molecule has 1 heterocycles. The number of rotatable bonds is 5. The number of aldehydes is 1. The van der Waals surface area contributed by atoms with E-state index in [1.54, 1.807) is 0 Å². The molecule has 0 aromatic carbocycles. The maximum absolute atomic E-state index is 12.9. The number of halogens is 3. The molecule has 0 aliphatic heterocycles. The van der Waals surface area contributed by atoms with Crippen LogP contribution in [0, 0.1) is 5.41 Å². The zero-order valence-electron chi connectivity index (χ0n) is 11.8. The molecule has 0 spiro atoms. The van der Waals surface area contributed by atoms with Crippen molar-refractivity contribution >= 4 is 18.2 Å². The predicted octanol–water partition coefficient (Wildman–Crippen LogP) is 2.27. The van der Waals surface area contributed by atoms with Gasteiger partial charge in [0.1, 0.15) is 23.5 Å². The van der Waals surface area contributed by atoms with Crippen molar-refractivity contribution in [2.45, 2.75) is 31.4 Å². The summed E-state index contributed by atoms with van der Waals surface area (Å²) >= 11 is 0. The highest BCUT2D eigenvalue weighted by Crippen LogP contribution is 2.39. The Morgan fingerprint density at radius 3 is 2.57 bits per heavy atom. The Bertz CT molecular complexity index is 644. The van der Waals surface area contributed by atoms with Gasteiger partial charge in [-0.1, -0.05) is 0 Å². The second kappa shape index (κ2) is 6.31.